The van der Waals surface area contributed by atoms with Crippen LogP contribution in [0.15, 0.2) is 54.6 Å². The molecule has 3 heteroatoms. The fourth-order valence-electron chi connectivity index (χ4n) is 2.05. The smallest absolute Gasteiger partial charge is 0.242 e. The molecule has 0 saturated carbocycles. The van der Waals surface area contributed by atoms with Crippen molar-refractivity contribution in [2.75, 3.05) is 0 Å². The highest BCUT2D eigenvalue weighted by Gasteiger charge is 2.35. The minimum absolute atomic E-state index is 0.208. The Morgan fingerprint density at radius 3 is 2.21 bits per heavy atom. The van der Waals surface area contributed by atoms with Crippen molar-refractivity contribution in [2.45, 2.75) is 12.5 Å². The Labute approximate surface area is 111 Å². The molecule has 0 aliphatic rings. The average Bonchev–Trinajstić information content (AvgIpc) is 2.47. The molecule has 0 saturated heterocycles. The summed E-state index contributed by atoms with van der Waals surface area (Å²) in [4.78, 5) is 22.9. The van der Waals surface area contributed by atoms with Gasteiger partial charge in [0.25, 0.3) is 0 Å². The second-order valence-electron chi connectivity index (χ2n) is 4.28. The first-order valence-corrected chi connectivity index (χ1v) is 5.87. The van der Waals surface area contributed by atoms with E-state index < -0.39 is 5.60 Å². The van der Waals surface area contributed by atoms with Crippen LogP contribution in [0, 0.1) is 0 Å². The van der Waals surface area contributed by atoms with Crippen LogP contribution in [0.1, 0.15) is 28.4 Å². The molecule has 0 heterocycles. The van der Waals surface area contributed by atoms with Gasteiger partial charge in [-0.15, -0.1) is 0 Å². The van der Waals surface area contributed by atoms with Gasteiger partial charge in [-0.3, -0.25) is 9.59 Å². The number of ketones is 1. The summed E-state index contributed by atoms with van der Waals surface area (Å²) < 4.78 is 0. The van der Waals surface area contributed by atoms with Crippen LogP contribution in [0.5, 0.6) is 0 Å². The van der Waals surface area contributed by atoms with Gasteiger partial charge in [0.1, 0.15) is 0 Å². The largest absolute Gasteiger partial charge is 0.373 e. The van der Waals surface area contributed by atoms with Gasteiger partial charge in [-0.1, -0.05) is 54.6 Å². The van der Waals surface area contributed by atoms with Crippen LogP contribution < -0.4 is 0 Å². The van der Waals surface area contributed by atoms with Gasteiger partial charge in [0.2, 0.25) is 6.29 Å². The van der Waals surface area contributed by atoms with E-state index in [2.05, 4.69) is 0 Å². The number of rotatable bonds is 4. The summed E-state index contributed by atoms with van der Waals surface area (Å²) in [7, 11) is 0. The second kappa shape index (κ2) is 5.16. The van der Waals surface area contributed by atoms with Crippen molar-refractivity contribution in [3.05, 3.63) is 71.3 Å². The van der Waals surface area contributed by atoms with E-state index >= 15 is 0 Å². The third-order valence-electron chi connectivity index (χ3n) is 3.04. The maximum atomic E-state index is 11.6. The quantitative estimate of drug-likeness (QED) is 0.850. The van der Waals surface area contributed by atoms with Crippen molar-refractivity contribution in [1.29, 1.82) is 0 Å². The van der Waals surface area contributed by atoms with Gasteiger partial charge in [-0.2, -0.15) is 0 Å². The Kier molecular flexibility index (Phi) is 3.58. The number of hydrogen-bond acceptors (Lipinski definition) is 3. The summed E-state index contributed by atoms with van der Waals surface area (Å²) in [5.41, 5.74) is -0.969. The molecular formula is C16H13O3. The van der Waals surface area contributed by atoms with Crippen molar-refractivity contribution >= 4 is 12.1 Å². The predicted octanol–water partition coefficient (Wildman–Crippen LogP) is 2.23. The van der Waals surface area contributed by atoms with Crippen LogP contribution in [0.3, 0.4) is 0 Å². The highest BCUT2D eigenvalue weighted by Crippen LogP contribution is 2.30. The van der Waals surface area contributed by atoms with Gasteiger partial charge < -0.3 is 5.11 Å². The summed E-state index contributed by atoms with van der Waals surface area (Å²) in [5.74, 6) is -0.208. The Morgan fingerprint density at radius 2 is 1.63 bits per heavy atom. The van der Waals surface area contributed by atoms with E-state index in [4.69, 9.17) is 0 Å². The molecule has 1 radical (unpaired) electrons. The van der Waals surface area contributed by atoms with Gasteiger partial charge >= 0.3 is 0 Å². The van der Waals surface area contributed by atoms with E-state index in [0.717, 1.165) is 0 Å². The van der Waals surface area contributed by atoms with E-state index in [-0.39, 0.29) is 11.3 Å². The minimum atomic E-state index is -1.93. The minimum Gasteiger partial charge on any atom is -0.373 e. The molecule has 0 bridgehead atoms. The number of carbonyl (C=O) groups excluding carboxylic acids is 2. The van der Waals surface area contributed by atoms with Crippen molar-refractivity contribution in [1.82, 2.24) is 0 Å². The van der Waals surface area contributed by atoms with Crippen molar-refractivity contribution in [3.63, 3.8) is 0 Å². The molecule has 0 spiro atoms. The average molecular weight is 253 g/mol. The van der Waals surface area contributed by atoms with Crippen LogP contribution in [0.4, 0.5) is 0 Å². The normalized spacial score (nSPS) is 13.6. The lowest BCUT2D eigenvalue weighted by Crippen LogP contribution is -2.30. The number of carbonyl (C=O) groups is 1. The van der Waals surface area contributed by atoms with E-state index in [9.17, 15) is 14.7 Å². The van der Waals surface area contributed by atoms with Gasteiger partial charge in [0.15, 0.2) is 11.4 Å². The molecule has 1 N–H and O–H groups in total. The van der Waals surface area contributed by atoms with Gasteiger partial charge in [-0.25, -0.2) is 0 Å². The lowest BCUT2D eigenvalue weighted by molar-refractivity contribution is 0.100. The molecule has 0 aromatic heterocycles. The zero-order chi connectivity index (χ0) is 13.9. The summed E-state index contributed by atoms with van der Waals surface area (Å²) >= 11 is 0. The summed E-state index contributed by atoms with van der Waals surface area (Å²) in [6.07, 6.45) is 1.66. The SMILES string of the molecule is CC(=O)c1ccccc1C(O)([C]=O)c1ccccc1. The third kappa shape index (κ3) is 2.33. The molecule has 1 unspecified atom stereocenters. The first kappa shape index (κ1) is 13.2. The molecule has 2 aromatic carbocycles. The lowest BCUT2D eigenvalue weighted by Gasteiger charge is -2.23. The molecule has 95 valence electrons. The van der Waals surface area contributed by atoms with Gasteiger partial charge in [-0.05, 0) is 12.5 Å². The standard InChI is InChI=1S/C16H13O3/c1-12(18)14-9-5-6-10-15(14)16(19,11-17)13-7-3-2-4-8-13/h2-10,19H,1H3. The molecule has 3 nitrogen and oxygen atoms in total. The highest BCUT2D eigenvalue weighted by molar-refractivity contribution is 5.97. The zero-order valence-electron chi connectivity index (χ0n) is 10.5. The topological polar surface area (TPSA) is 54.4 Å². The fraction of sp³-hybridized carbons (Fsp3) is 0.125. The molecule has 19 heavy (non-hydrogen) atoms. The molecule has 1 atom stereocenters. The number of benzene rings is 2. The maximum Gasteiger partial charge on any atom is 0.242 e. The Hall–Kier alpha value is -2.26. The van der Waals surface area contributed by atoms with Crippen molar-refractivity contribution in [3.8, 4) is 0 Å². The lowest BCUT2D eigenvalue weighted by atomic mass is 9.84. The monoisotopic (exact) mass is 253 g/mol. The summed E-state index contributed by atoms with van der Waals surface area (Å²) in [6, 6.07) is 15.0. The van der Waals surface area contributed by atoms with E-state index in [1.54, 1.807) is 60.9 Å². The Balaban J connectivity index is 2.66. The molecule has 0 fully saturated rings. The molecule has 2 rings (SSSR count). The van der Waals surface area contributed by atoms with Crippen LogP contribution >= 0.6 is 0 Å². The van der Waals surface area contributed by atoms with Crippen molar-refractivity contribution < 1.29 is 14.7 Å². The van der Waals surface area contributed by atoms with Crippen LogP contribution in [-0.2, 0) is 10.4 Å². The molecule has 2 aromatic rings. The Morgan fingerprint density at radius 1 is 1.05 bits per heavy atom. The number of Topliss-reactive ketones (excluding diaryl/α,β-unsaturated/α-hetero) is 1. The van der Waals surface area contributed by atoms with E-state index in [1.807, 2.05) is 0 Å². The molecule has 0 aliphatic heterocycles. The van der Waals surface area contributed by atoms with Crippen LogP contribution in [0.25, 0.3) is 0 Å². The summed E-state index contributed by atoms with van der Waals surface area (Å²) in [6.45, 7) is 1.40. The summed E-state index contributed by atoms with van der Waals surface area (Å²) in [5, 5.41) is 10.6. The fourth-order valence-corrected chi connectivity index (χ4v) is 2.05. The number of aliphatic hydroxyl groups is 1. The number of hydrogen-bond donors (Lipinski definition) is 1. The molecular weight excluding hydrogens is 240 g/mol. The second-order valence-corrected chi connectivity index (χ2v) is 4.28. The zero-order valence-corrected chi connectivity index (χ0v) is 10.5. The van der Waals surface area contributed by atoms with Crippen LogP contribution in [-0.4, -0.2) is 17.2 Å². The Bertz CT molecular complexity index is 604. The van der Waals surface area contributed by atoms with E-state index in [0.29, 0.717) is 11.1 Å². The third-order valence-corrected chi connectivity index (χ3v) is 3.04. The highest BCUT2D eigenvalue weighted by atomic mass is 16.3. The van der Waals surface area contributed by atoms with Crippen LogP contribution in [0.2, 0.25) is 0 Å². The first-order valence-electron chi connectivity index (χ1n) is 5.87. The molecule has 0 aliphatic carbocycles. The maximum absolute atomic E-state index is 11.6. The predicted molar refractivity (Wildman–Crippen MR) is 71.6 cm³/mol. The van der Waals surface area contributed by atoms with Gasteiger partial charge in [0, 0.05) is 11.1 Å². The molecule has 0 amide bonds. The van der Waals surface area contributed by atoms with Gasteiger partial charge in [0.05, 0.1) is 0 Å². The first-order chi connectivity index (χ1) is 9.09. The van der Waals surface area contributed by atoms with E-state index in [1.165, 1.54) is 6.92 Å². The van der Waals surface area contributed by atoms with Crippen molar-refractivity contribution in [2.24, 2.45) is 0 Å².